The zero-order valence-electron chi connectivity index (χ0n) is 62.2. The van der Waals surface area contributed by atoms with Gasteiger partial charge in [-0.15, -0.1) is 0 Å². The summed E-state index contributed by atoms with van der Waals surface area (Å²) >= 11 is 0. The first-order valence-electron chi connectivity index (χ1n) is 40.7. The number of allylic oxidation sites excluding steroid dienone is 4. The van der Waals surface area contributed by atoms with E-state index < -0.39 is 0 Å². The van der Waals surface area contributed by atoms with Gasteiger partial charge in [-0.3, -0.25) is 19.2 Å². The van der Waals surface area contributed by atoms with E-state index in [1.54, 1.807) is 0 Å². The molecule has 1 heterocycles. The molecule has 1 aliphatic heterocycles. The molecule has 3 rings (SSSR count). The molecular formula is C87H144N2NiO4. The minimum absolute atomic E-state index is 0. The van der Waals surface area contributed by atoms with Crippen LogP contribution >= 0.6 is 0 Å². The Bertz CT molecular complexity index is 2410. The van der Waals surface area contributed by atoms with Crippen molar-refractivity contribution in [3.8, 4) is 0 Å². The van der Waals surface area contributed by atoms with E-state index in [-0.39, 0.29) is 39.6 Å². The zero-order chi connectivity index (χ0) is 67.0. The molecule has 536 valence electrons. The second-order valence-corrected chi connectivity index (χ2v) is 28.6. The number of hydrogen-bond acceptors (Lipinski definition) is 4. The van der Waals surface area contributed by atoms with Gasteiger partial charge in [-0.25, -0.2) is 4.70 Å². The summed E-state index contributed by atoms with van der Waals surface area (Å²) in [5.41, 5.74) is 19.3. The predicted octanol–water partition coefficient (Wildman–Crippen LogP) is 29.3. The Morgan fingerprint density at radius 1 is 0.309 bits per heavy atom. The maximum atomic E-state index is 14.7. The Morgan fingerprint density at radius 3 is 0.809 bits per heavy atom. The maximum absolute atomic E-state index is 14.7. The second-order valence-electron chi connectivity index (χ2n) is 28.6. The zero-order valence-corrected chi connectivity index (χ0v) is 63.2. The third kappa shape index (κ3) is 38.0. The number of carbonyl (C=O) groups is 4. The standard InChI is InChI=1S/C87H144N2O4.Ni/c1-7-13-18-23-28-33-34-35-36-37-38-39-40-41-42-47-48-53-58-63-79-76(12-6)86(74-68-70-77(82(90)64-59-54-49-43-29-24-19-14-8-2)80(72-74)84(92)66-61-56-51-45-31-26-21-16-10-4)89(88)87(79)75-69-71-78(83(91)65-60-55-50-44-30-25-20-15-9-3)81(73-75)85(93)67-62-57-52-46-32-27-22-17-11-5;/h58,63,68-73H,7-57,59-62,64-67H2,1-6H3;. The van der Waals surface area contributed by atoms with Gasteiger partial charge in [0, 0.05) is 81.1 Å². The average Bonchev–Trinajstić information content (AvgIpc) is 1.59. The van der Waals surface area contributed by atoms with Crippen molar-refractivity contribution in [2.45, 2.75) is 420 Å². The molecule has 0 fully saturated rings. The Balaban J connectivity index is 0.0000301. The maximum Gasteiger partial charge on any atom is 0.215 e. The van der Waals surface area contributed by atoms with E-state index in [1.807, 2.05) is 36.4 Å². The summed E-state index contributed by atoms with van der Waals surface area (Å²) in [6, 6.07) is 11.5. The Hall–Kier alpha value is -3.57. The summed E-state index contributed by atoms with van der Waals surface area (Å²) in [7, 11) is 0. The third-order valence-corrected chi connectivity index (χ3v) is 20.2. The number of rotatable bonds is 66. The Kier molecular flexibility index (Phi) is 54.8. The number of ketones is 4. The Morgan fingerprint density at radius 2 is 0.543 bits per heavy atom. The van der Waals surface area contributed by atoms with Crippen molar-refractivity contribution in [3.63, 3.8) is 0 Å². The van der Waals surface area contributed by atoms with Gasteiger partial charge in [-0.1, -0.05) is 362 Å². The van der Waals surface area contributed by atoms with E-state index in [0.29, 0.717) is 76.9 Å². The van der Waals surface area contributed by atoms with Crippen molar-refractivity contribution in [3.05, 3.63) is 98.6 Å². The quantitative estimate of drug-likeness (QED) is 0.0285. The SMILES string of the molecule is CCCCCCCCCCCCCCCCCCCC=CC1=C(c2ccc(C(=O)CCCCCCCCCCC)c(C(=O)CCCCCCCCCCC)c2)[N+](=[N-])C(c2ccc(C(=O)CCCCCCCCCCC)c(C(=O)CCCCCCCCCCC)c2)=C1CC.[Ni]. The normalized spacial score (nSPS) is 12.5. The molecule has 0 amide bonds. The molecule has 0 aliphatic carbocycles. The largest absolute Gasteiger partial charge is 0.493 e. The van der Waals surface area contributed by atoms with Crippen LogP contribution in [0.3, 0.4) is 0 Å². The van der Waals surface area contributed by atoms with Gasteiger partial charge in [0.05, 0.1) is 5.57 Å². The smallest absolute Gasteiger partial charge is 0.215 e. The predicted molar refractivity (Wildman–Crippen MR) is 403 cm³/mol. The van der Waals surface area contributed by atoms with Gasteiger partial charge < -0.3 is 5.53 Å². The monoisotopic (exact) mass is 1340 g/mol. The first-order chi connectivity index (χ1) is 45.7. The molecule has 0 unspecified atom stereocenters. The van der Waals surface area contributed by atoms with Gasteiger partial charge in [0.2, 0.25) is 11.4 Å². The van der Waals surface area contributed by atoms with Crippen LogP contribution in [0.1, 0.15) is 473 Å². The summed E-state index contributed by atoms with van der Waals surface area (Å²) in [5, 5.41) is 0. The minimum atomic E-state index is -0.00380. The van der Waals surface area contributed by atoms with E-state index in [0.717, 1.165) is 101 Å². The molecule has 1 aliphatic rings. The molecule has 2 aromatic rings. The molecule has 0 atom stereocenters. The van der Waals surface area contributed by atoms with E-state index in [9.17, 15) is 24.7 Å². The van der Waals surface area contributed by atoms with Crippen LogP contribution in [0.25, 0.3) is 16.9 Å². The molecule has 0 bridgehead atoms. The fraction of sp³-hybridized carbons (Fsp3) is 0.747. The average molecular weight is 1340 g/mol. The number of nitrogens with zero attached hydrogens (tertiary/aromatic N) is 2. The van der Waals surface area contributed by atoms with Crippen LogP contribution in [0.2, 0.25) is 0 Å². The van der Waals surface area contributed by atoms with Crippen LogP contribution in [0, 0.1) is 0 Å². The minimum Gasteiger partial charge on any atom is -0.493 e. The first-order valence-corrected chi connectivity index (χ1v) is 40.7. The molecule has 0 radical (unpaired) electrons. The fourth-order valence-corrected chi connectivity index (χ4v) is 14.2. The van der Waals surface area contributed by atoms with Crippen molar-refractivity contribution in [2.24, 2.45) is 0 Å². The van der Waals surface area contributed by atoms with Gasteiger partial charge in [-0.05, 0) is 81.3 Å². The Labute approximate surface area is 590 Å². The van der Waals surface area contributed by atoms with Crippen LogP contribution in [0.15, 0.2) is 59.7 Å². The number of Topliss-reactive ketones (excluding diaryl/α,β-unsaturated/α-hetero) is 4. The summed E-state index contributed by atoms with van der Waals surface area (Å²) in [6.07, 6.45) is 72.3. The van der Waals surface area contributed by atoms with Gasteiger partial charge in [0.15, 0.2) is 23.1 Å². The van der Waals surface area contributed by atoms with Gasteiger partial charge in [0.1, 0.15) is 0 Å². The molecule has 0 aromatic heterocycles. The summed E-state index contributed by atoms with van der Waals surface area (Å²) < 4.78 is 1.30. The number of hydrogen-bond donors (Lipinski definition) is 0. The van der Waals surface area contributed by atoms with Crippen LogP contribution < -0.4 is 0 Å². The van der Waals surface area contributed by atoms with Crippen LogP contribution in [0.4, 0.5) is 0 Å². The van der Waals surface area contributed by atoms with E-state index in [2.05, 4.69) is 53.7 Å². The van der Waals surface area contributed by atoms with Crippen molar-refractivity contribution >= 4 is 34.5 Å². The molecule has 0 spiro atoms. The number of unbranched alkanes of at least 4 members (excludes halogenated alkanes) is 49. The van der Waals surface area contributed by atoms with Crippen LogP contribution in [0.5, 0.6) is 0 Å². The first kappa shape index (κ1) is 86.5. The number of benzene rings is 2. The number of carbonyl (C=O) groups excluding carboxylic acids is 4. The van der Waals surface area contributed by atoms with Crippen molar-refractivity contribution in [1.29, 1.82) is 0 Å². The second kappa shape index (κ2) is 59.5. The summed E-state index contributed by atoms with van der Waals surface area (Å²) in [5.74, 6) is 0.0404. The van der Waals surface area contributed by atoms with Gasteiger partial charge in [-0.2, -0.15) is 0 Å². The van der Waals surface area contributed by atoms with Crippen LogP contribution in [-0.4, -0.2) is 27.8 Å². The van der Waals surface area contributed by atoms with Gasteiger partial charge in [0.25, 0.3) is 0 Å². The summed E-state index contributed by atoms with van der Waals surface area (Å²) in [4.78, 5) is 58.0. The van der Waals surface area contributed by atoms with E-state index in [4.69, 9.17) is 0 Å². The fourth-order valence-electron chi connectivity index (χ4n) is 14.2. The third-order valence-electron chi connectivity index (χ3n) is 20.2. The molecular weight excluding hydrogens is 1200 g/mol. The van der Waals surface area contributed by atoms with E-state index in [1.165, 1.54) is 262 Å². The topological polar surface area (TPSA) is 93.6 Å². The molecule has 6 nitrogen and oxygen atoms in total. The van der Waals surface area contributed by atoms with Crippen molar-refractivity contribution in [2.75, 3.05) is 0 Å². The summed E-state index contributed by atoms with van der Waals surface area (Å²) in [6.45, 7) is 13.4. The molecule has 0 saturated carbocycles. The van der Waals surface area contributed by atoms with Crippen LogP contribution in [-0.2, 0) is 16.5 Å². The molecule has 94 heavy (non-hydrogen) atoms. The van der Waals surface area contributed by atoms with Gasteiger partial charge >= 0.3 is 0 Å². The molecule has 2 aromatic carbocycles. The molecule has 0 N–H and O–H groups in total. The molecule has 0 saturated heterocycles. The van der Waals surface area contributed by atoms with Crippen molar-refractivity contribution < 1.29 is 40.4 Å². The molecule has 7 heteroatoms. The van der Waals surface area contributed by atoms with Crippen molar-refractivity contribution in [1.82, 2.24) is 0 Å². The van der Waals surface area contributed by atoms with E-state index >= 15 is 0 Å².